The van der Waals surface area contributed by atoms with E-state index in [9.17, 15) is 80.6 Å². The smallest absolute Gasteiger partial charge is 0.416 e. The fourth-order valence-corrected chi connectivity index (χ4v) is 12.0. The zero-order valence-corrected chi connectivity index (χ0v) is 47.0. The van der Waals surface area contributed by atoms with Crippen molar-refractivity contribution in [2.24, 2.45) is 0 Å². The molecule has 4 aliphatic rings. The quantitative estimate of drug-likeness (QED) is 0.132. The van der Waals surface area contributed by atoms with Gasteiger partial charge in [-0.05, 0) is 173 Å². The number of likely N-dealkylation sites (tertiary alicyclic amines) is 2. The van der Waals surface area contributed by atoms with Gasteiger partial charge in [-0.1, -0.05) is 12.1 Å². The number of nitrogens with one attached hydrogen (secondary N) is 2. The van der Waals surface area contributed by atoms with Crippen molar-refractivity contribution in [1.82, 2.24) is 30.2 Å². The first kappa shape index (κ1) is 64.9. The molecule has 0 aliphatic carbocycles. The molecule has 2 unspecified atom stereocenters. The van der Waals surface area contributed by atoms with Crippen molar-refractivity contribution in [1.29, 1.82) is 0 Å². The Morgan fingerprint density at radius 1 is 0.524 bits per heavy atom. The normalized spacial score (nSPS) is 23.6. The number of piperidine rings is 2. The molecule has 26 heteroatoms. The lowest BCUT2D eigenvalue weighted by Crippen LogP contribution is -2.56. The first-order valence-electron chi connectivity index (χ1n) is 26.8. The van der Waals surface area contributed by atoms with E-state index in [-0.39, 0.29) is 36.3 Å². The van der Waals surface area contributed by atoms with Gasteiger partial charge in [-0.2, -0.15) is 52.7 Å². The number of urea groups is 2. The molecule has 2 N–H and O–H groups in total. The minimum absolute atomic E-state index is 0.0473. The van der Waals surface area contributed by atoms with Crippen LogP contribution in [-0.2, 0) is 43.8 Å². The minimum atomic E-state index is -5.03. The number of hydrogen-bond donors (Lipinski definition) is 2. The van der Waals surface area contributed by atoms with E-state index in [1.807, 2.05) is 0 Å². The third kappa shape index (κ3) is 14.2. The van der Waals surface area contributed by atoms with Crippen LogP contribution in [-0.4, -0.2) is 108 Å². The average molecular weight is 1210 g/mol. The van der Waals surface area contributed by atoms with Gasteiger partial charge in [0.25, 0.3) is 0 Å². The summed E-state index contributed by atoms with van der Waals surface area (Å²) in [6, 6.07) is 5.05. The van der Waals surface area contributed by atoms with Gasteiger partial charge in [-0.25, -0.2) is 18.4 Å². The average Bonchev–Trinajstić information content (AvgIpc) is 2.08. The van der Waals surface area contributed by atoms with Crippen LogP contribution >= 0.6 is 0 Å². The van der Waals surface area contributed by atoms with Crippen LogP contribution in [0.4, 0.5) is 71.1 Å². The number of amides is 4. The Hall–Kier alpha value is -6.70. The Kier molecular flexibility index (Phi) is 18.8. The number of alkyl halides is 12. The Bertz CT molecular complexity index is 2830. The van der Waals surface area contributed by atoms with Crippen LogP contribution in [0.5, 0.6) is 0 Å². The predicted octanol–water partition coefficient (Wildman–Crippen LogP) is 13.6. The monoisotopic (exact) mass is 1210 g/mol. The summed E-state index contributed by atoms with van der Waals surface area (Å²) in [5, 5.41) is 6.70. The van der Waals surface area contributed by atoms with Gasteiger partial charge >= 0.3 is 48.7 Å². The van der Waals surface area contributed by atoms with Gasteiger partial charge in [0.1, 0.15) is 23.7 Å². The number of hydrogen-bond acceptors (Lipinski definition) is 8. The van der Waals surface area contributed by atoms with Crippen molar-refractivity contribution in [3.63, 3.8) is 0 Å². The number of esters is 2. The van der Waals surface area contributed by atoms with E-state index in [4.69, 9.17) is 9.47 Å². The Labute approximate surface area is 475 Å². The lowest BCUT2D eigenvalue weighted by atomic mass is 9.79. The first-order valence-corrected chi connectivity index (χ1v) is 26.8. The maximum Gasteiger partial charge on any atom is 0.416 e. The summed E-state index contributed by atoms with van der Waals surface area (Å²) < 4.78 is 200. The molecule has 0 aromatic heterocycles. The highest BCUT2D eigenvalue weighted by atomic mass is 19.4. The summed E-state index contributed by atoms with van der Waals surface area (Å²) in [7, 11) is 5.22. The van der Waals surface area contributed by atoms with E-state index >= 15 is 0 Å². The molecule has 460 valence electrons. The Morgan fingerprint density at radius 3 is 1.11 bits per heavy atom. The summed E-state index contributed by atoms with van der Waals surface area (Å²) in [6.07, 6.45) is -16.3. The van der Waals surface area contributed by atoms with Crippen LogP contribution in [0.1, 0.15) is 145 Å². The third-order valence-electron chi connectivity index (χ3n) is 17.0. The molecular formula is C58H64F14N6O6. The van der Waals surface area contributed by atoms with Crippen molar-refractivity contribution < 1.29 is 90.1 Å². The number of carbonyl (C=O) groups excluding carboxylic acids is 4. The highest BCUT2D eigenvalue weighted by Gasteiger charge is 2.51. The molecule has 4 aliphatic heterocycles. The van der Waals surface area contributed by atoms with Gasteiger partial charge in [-0.3, -0.25) is 20.2 Å². The van der Waals surface area contributed by atoms with E-state index in [1.165, 1.54) is 76.2 Å². The van der Waals surface area contributed by atoms with Crippen molar-refractivity contribution in [3.05, 3.63) is 140 Å². The summed E-state index contributed by atoms with van der Waals surface area (Å²) in [6.45, 7) is 6.45. The SMILES string of the molecule is COC(=O)C1CC[C@]2(CCN(C(=O)N(C)[C@H](C)c3cc(C(F)(F)F)cc(C(F)(F)F)c3)[C@@H](c3ccc(F)cc3C)C2)N1.COC(=O)C1CC[C@]2(CCN(C(=O)N(C)[C@H](C)c3cc(C(F)(F)F)cc(C(F)(F)F)c3)[C@@H](c3ccc(F)cc3C)C2)N1. The van der Waals surface area contributed by atoms with Gasteiger partial charge < -0.3 is 29.1 Å². The molecule has 4 aromatic carbocycles. The van der Waals surface area contributed by atoms with Gasteiger partial charge in [0, 0.05) is 38.3 Å². The second-order valence-corrected chi connectivity index (χ2v) is 22.2. The first-order chi connectivity index (χ1) is 38.9. The standard InChI is InChI=1S/2C29H32F7N3O3/c2*1-16-11-21(30)5-6-22(16)24-15-27(8-7-23(37-27)25(40)42-4)9-10-39(24)26(41)38(3)17(2)18-12-19(28(31,32)33)14-20(13-18)29(34,35)36/h2*5-6,11-14,17,23-24,37H,7-10,15H2,1-4H3/t2*17-,23?,24-,27-/m11/s1. The molecule has 8 rings (SSSR count). The molecule has 8 atom stereocenters. The fraction of sp³-hybridized carbons (Fsp3) is 0.517. The van der Waals surface area contributed by atoms with Gasteiger partial charge in [-0.15, -0.1) is 0 Å². The summed E-state index contributed by atoms with van der Waals surface area (Å²) in [5.74, 6) is -1.76. The largest absolute Gasteiger partial charge is 0.468 e. The molecule has 84 heavy (non-hydrogen) atoms. The number of ether oxygens (including phenoxy) is 2. The van der Waals surface area contributed by atoms with Crippen molar-refractivity contribution in [2.75, 3.05) is 41.4 Å². The van der Waals surface area contributed by atoms with Gasteiger partial charge in [0.2, 0.25) is 0 Å². The molecular weight excluding hydrogens is 1140 g/mol. The molecule has 0 radical (unpaired) electrons. The number of aryl methyl sites for hydroxylation is 2. The molecule has 4 heterocycles. The molecule has 0 saturated carbocycles. The van der Waals surface area contributed by atoms with Crippen LogP contribution in [0.25, 0.3) is 0 Å². The number of rotatable bonds is 8. The fourth-order valence-electron chi connectivity index (χ4n) is 12.0. The van der Waals surface area contributed by atoms with E-state index in [0.717, 1.165) is 9.80 Å². The topological polar surface area (TPSA) is 124 Å². The van der Waals surface area contributed by atoms with E-state index in [2.05, 4.69) is 10.6 Å². The Balaban J connectivity index is 0.000000241. The lowest BCUT2D eigenvalue weighted by Gasteiger charge is -2.47. The molecule has 4 amide bonds. The third-order valence-corrected chi connectivity index (χ3v) is 17.0. The molecule has 4 saturated heterocycles. The predicted molar refractivity (Wildman–Crippen MR) is 277 cm³/mol. The van der Waals surface area contributed by atoms with E-state index in [1.54, 1.807) is 26.0 Å². The van der Waals surface area contributed by atoms with E-state index < -0.39 is 130 Å². The molecule has 12 nitrogen and oxygen atoms in total. The van der Waals surface area contributed by atoms with Crippen molar-refractivity contribution >= 4 is 24.0 Å². The molecule has 0 bridgehead atoms. The second kappa shape index (κ2) is 24.3. The summed E-state index contributed by atoms with van der Waals surface area (Å²) in [5.41, 5.74) is -5.15. The van der Waals surface area contributed by atoms with Gasteiger partial charge in [0.05, 0.1) is 60.6 Å². The Morgan fingerprint density at radius 2 is 0.833 bits per heavy atom. The van der Waals surface area contributed by atoms with Crippen molar-refractivity contribution in [2.45, 2.75) is 151 Å². The van der Waals surface area contributed by atoms with Crippen molar-refractivity contribution in [3.8, 4) is 0 Å². The zero-order valence-electron chi connectivity index (χ0n) is 47.0. The number of carbonyl (C=O) groups is 4. The molecule has 4 fully saturated rings. The van der Waals surface area contributed by atoms with Gasteiger partial charge in [0.15, 0.2) is 0 Å². The summed E-state index contributed by atoms with van der Waals surface area (Å²) >= 11 is 0. The maximum absolute atomic E-state index is 14.0. The second-order valence-electron chi connectivity index (χ2n) is 22.2. The number of benzene rings is 4. The zero-order chi connectivity index (χ0) is 62.4. The molecule has 4 aromatic rings. The maximum atomic E-state index is 14.0. The number of halogens is 14. The van der Waals surface area contributed by atoms with Crippen LogP contribution in [0.3, 0.4) is 0 Å². The van der Waals surface area contributed by atoms with E-state index in [0.29, 0.717) is 97.9 Å². The number of nitrogens with zero attached hydrogens (tertiary/aromatic N) is 4. The van der Waals surface area contributed by atoms with Crippen LogP contribution < -0.4 is 10.6 Å². The molecule has 2 spiro atoms. The highest BCUT2D eigenvalue weighted by molar-refractivity contribution is 5.78. The minimum Gasteiger partial charge on any atom is -0.468 e. The van der Waals surface area contributed by atoms with Crippen LogP contribution in [0.15, 0.2) is 72.8 Å². The summed E-state index contributed by atoms with van der Waals surface area (Å²) in [4.78, 5) is 57.4. The highest BCUT2D eigenvalue weighted by Crippen LogP contribution is 2.47. The van der Waals surface area contributed by atoms with Crippen LogP contribution in [0.2, 0.25) is 0 Å². The lowest BCUT2D eigenvalue weighted by molar-refractivity contribution is -0.144. The number of methoxy groups -OCH3 is 2. The van der Waals surface area contributed by atoms with Crippen LogP contribution in [0, 0.1) is 25.5 Å².